The fraction of sp³-hybridized carbons (Fsp3) is 0.500. The number of nitrogens with one attached hydrogen (secondary N) is 2. The number of hydrogen-bond acceptors (Lipinski definition) is 5. The molecule has 1 aromatic heterocycles. The van der Waals surface area contributed by atoms with E-state index in [0.717, 1.165) is 42.5 Å². The van der Waals surface area contributed by atoms with E-state index >= 15 is 0 Å². The maximum Gasteiger partial charge on any atom is 0.225 e. The van der Waals surface area contributed by atoms with Crippen LogP contribution in [0.25, 0.3) is 10.9 Å². The van der Waals surface area contributed by atoms with Crippen LogP contribution in [-0.2, 0) is 4.74 Å². The summed E-state index contributed by atoms with van der Waals surface area (Å²) < 4.78 is 5.33. The van der Waals surface area contributed by atoms with Gasteiger partial charge in [0, 0.05) is 25.1 Å². The topological polar surface area (TPSA) is 59.1 Å². The number of rotatable bonds is 6. The van der Waals surface area contributed by atoms with Crippen molar-refractivity contribution in [3.63, 3.8) is 0 Å². The van der Waals surface area contributed by atoms with Crippen LogP contribution in [0.5, 0.6) is 0 Å². The SMILES string of the molecule is CCCNc1nc(NC2CC(OC)C2)c2ccccc2n1. The number of para-hydroxylation sites is 1. The third kappa shape index (κ3) is 3.08. The Bertz CT molecular complexity index is 610. The second-order valence-electron chi connectivity index (χ2n) is 5.51. The number of methoxy groups -OCH3 is 1. The first kappa shape index (κ1) is 14.1. The first-order chi connectivity index (χ1) is 10.3. The van der Waals surface area contributed by atoms with E-state index in [0.29, 0.717) is 18.1 Å². The van der Waals surface area contributed by atoms with E-state index < -0.39 is 0 Å². The molecular weight excluding hydrogens is 264 g/mol. The highest BCUT2D eigenvalue weighted by atomic mass is 16.5. The molecule has 0 radical (unpaired) electrons. The Balaban J connectivity index is 1.84. The number of nitrogens with zero attached hydrogens (tertiary/aromatic N) is 2. The van der Waals surface area contributed by atoms with Crippen molar-refractivity contribution < 1.29 is 4.74 Å². The lowest BCUT2D eigenvalue weighted by molar-refractivity contribution is 0.0328. The first-order valence-corrected chi connectivity index (χ1v) is 7.60. The summed E-state index contributed by atoms with van der Waals surface area (Å²) in [5, 5.41) is 7.87. The fourth-order valence-corrected chi connectivity index (χ4v) is 2.57. The minimum absolute atomic E-state index is 0.383. The van der Waals surface area contributed by atoms with Crippen molar-refractivity contribution in [1.29, 1.82) is 0 Å². The molecule has 1 aliphatic rings. The van der Waals surface area contributed by atoms with Gasteiger partial charge >= 0.3 is 0 Å². The monoisotopic (exact) mass is 286 g/mol. The highest BCUT2D eigenvalue weighted by molar-refractivity contribution is 5.90. The van der Waals surface area contributed by atoms with Gasteiger partial charge in [-0.25, -0.2) is 4.98 Å². The van der Waals surface area contributed by atoms with Crippen molar-refractivity contribution in [3.8, 4) is 0 Å². The van der Waals surface area contributed by atoms with E-state index in [2.05, 4.69) is 33.6 Å². The number of ether oxygens (including phenoxy) is 1. The van der Waals surface area contributed by atoms with Gasteiger partial charge in [-0.3, -0.25) is 0 Å². The highest BCUT2D eigenvalue weighted by Crippen LogP contribution is 2.29. The number of aromatic nitrogens is 2. The largest absolute Gasteiger partial charge is 0.381 e. The molecule has 5 heteroatoms. The van der Waals surface area contributed by atoms with Gasteiger partial charge in [-0.05, 0) is 31.4 Å². The van der Waals surface area contributed by atoms with Crippen LogP contribution in [0.1, 0.15) is 26.2 Å². The summed E-state index contributed by atoms with van der Waals surface area (Å²) in [6.45, 7) is 3.01. The fourth-order valence-electron chi connectivity index (χ4n) is 2.57. The minimum atomic E-state index is 0.383. The number of anilines is 2. The van der Waals surface area contributed by atoms with Crippen LogP contribution in [0, 0.1) is 0 Å². The van der Waals surface area contributed by atoms with Gasteiger partial charge in [0.05, 0.1) is 11.6 Å². The van der Waals surface area contributed by atoms with Crippen molar-refractivity contribution in [2.75, 3.05) is 24.3 Å². The summed E-state index contributed by atoms with van der Waals surface area (Å²) >= 11 is 0. The normalized spacial score (nSPS) is 21.0. The van der Waals surface area contributed by atoms with Crippen molar-refractivity contribution in [2.24, 2.45) is 0 Å². The standard InChI is InChI=1S/C16H22N4O/c1-3-8-17-16-19-14-7-5-4-6-13(14)15(20-16)18-11-9-12(10-11)21-2/h4-7,11-12H,3,8-10H2,1-2H3,(H2,17,18,19,20). The van der Waals surface area contributed by atoms with Crippen LogP contribution in [0.3, 0.4) is 0 Å². The molecular formula is C16H22N4O. The average molecular weight is 286 g/mol. The van der Waals surface area contributed by atoms with Crippen molar-refractivity contribution in [1.82, 2.24) is 9.97 Å². The Kier molecular flexibility index (Phi) is 4.20. The molecule has 0 unspecified atom stereocenters. The van der Waals surface area contributed by atoms with Crippen LogP contribution in [0.15, 0.2) is 24.3 Å². The molecule has 1 fully saturated rings. The Morgan fingerprint density at radius 2 is 2.05 bits per heavy atom. The average Bonchev–Trinajstić information content (AvgIpc) is 2.48. The van der Waals surface area contributed by atoms with Crippen LogP contribution in [-0.4, -0.2) is 35.8 Å². The van der Waals surface area contributed by atoms with Gasteiger partial charge in [0.25, 0.3) is 0 Å². The van der Waals surface area contributed by atoms with E-state index in [-0.39, 0.29) is 0 Å². The Labute approximate surface area is 125 Å². The van der Waals surface area contributed by atoms with Gasteiger partial charge in [-0.15, -0.1) is 0 Å². The predicted molar refractivity (Wildman–Crippen MR) is 85.8 cm³/mol. The highest BCUT2D eigenvalue weighted by Gasteiger charge is 2.29. The summed E-state index contributed by atoms with van der Waals surface area (Å²) in [7, 11) is 1.77. The molecule has 0 amide bonds. The second-order valence-corrected chi connectivity index (χ2v) is 5.51. The van der Waals surface area contributed by atoms with Crippen LogP contribution in [0.4, 0.5) is 11.8 Å². The molecule has 1 aliphatic carbocycles. The minimum Gasteiger partial charge on any atom is -0.381 e. The summed E-state index contributed by atoms with van der Waals surface area (Å²) in [6, 6.07) is 8.56. The zero-order chi connectivity index (χ0) is 14.7. The number of hydrogen-bond donors (Lipinski definition) is 2. The summed E-state index contributed by atoms with van der Waals surface area (Å²) in [6.07, 6.45) is 3.50. The van der Waals surface area contributed by atoms with Crippen molar-refractivity contribution in [3.05, 3.63) is 24.3 Å². The Morgan fingerprint density at radius 1 is 1.24 bits per heavy atom. The molecule has 0 bridgehead atoms. The van der Waals surface area contributed by atoms with Gasteiger partial charge in [0.1, 0.15) is 5.82 Å². The maximum absolute atomic E-state index is 5.33. The third-order valence-corrected chi connectivity index (χ3v) is 3.91. The van der Waals surface area contributed by atoms with Crippen molar-refractivity contribution >= 4 is 22.7 Å². The molecule has 0 aliphatic heterocycles. The smallest absolute Gasteiger partial charge is 0.225 e. The molecule has 1 aromatic carbocycles. The van der Waals surface area contributed by atoms with E-state index in [1.807, 2.05) is 18.2 Å². The second kappa shape index (κ2) is 6.26. The molecule has 0 spiro atoms. The van der Waals surface area contributed by atoms with Gasteiger partial charge in [-0.2, -0.15) is 4.98 Å². The van der Waals surface area contributed by atoms with E-state index in [4.69, 9.17) is 4.74 Å². The number of benzene rings is 1. The summed E-state index contributed by atoms with van der Waals surface area (Å²) in [5.74, 6) is 1.61. The lowest BCUT2D eigenvalue weighted by Gasteiger charge is -2.35. The van der Waals surface area contributed by atoms with Crippen LogP contribution < -0.4 is 10.6 Å². The molecule has 0 atom stereocenters. The lowest BCUT2D eigenvalue weighted by Crippen LogP contribution is -2.40. The van der Waals surface area contributed by atoms with E-state index in [1.165, 1.54) is 0 Å². The third-order valence-electron chi connectivity index (χ3n) is 3.91. The molecule has 0 saturated heterocycles. The molecule has 3 rings (SSSR count). The number of fused-ring (bicyclic) bond motifs is 1. The molecule has 2 N–H and O–H groups in total. The molecule has 1 saturated carbocycles. The van der Waals surface area contributed by atoms with Gasteiger partial charge in [-0.1, -0.05) is 19.1 Å². The molecule has 112 valence electrons. The van der Waals surface area contributed by atoms with E-state index in [9.17, 15) is 0 Å². The Hall–Kier alpha value is -1.88. The lowest BCUT2D eigenvalue weighted by atomic mass is 9.89. The first-order valence-electron chi connectivity index (χ1n) is 7.60. The molecule has 2 aromatic rings. The van der Waals surface area contributed by atoms with Crippen LogP contribution >= 0.6 is 0 Å². The quantitative estimate of drug-likeness (QED) is 0.854. The molecule has 5 nitrogen and oxygen atoms in total. The zero-order valence-electron chi connectivity index (χ0n) is 12.6. The Morgan fingerprint density at radius 3 is 2.81 bits per heavy atom. The van der Waals surface area contributed by atoms with E-state index in [1.54, 1.807) is 7.11 Å². The maximum atomic E-state index is 5.33. The zero-order valence-corrected chi connectivity index (χ0v) is 12.6. The van der Waals surface area contributed by atoms with Gasteiger partial charge < -0.3 is 15.4 Å². The summed E-state index contributed by atoms with van der Waals surface area (Å²) in [4.78, 5) is 9.21. The summed E-state index contributed by atoms with van der Waals surface area (Å²) in [5.41, 5.74) is 0.969. The predicted octanol–water partition coefficient (Wildman–Crippen LogP) is 3.04. The van der Waals surface area contributed by atoms with Gasteiger partial charge in [0.15, 0.2) is 0 Å². The van der Waals surface area contributed by atoms with Crippen LogP contribution in [0.2, 0.25) is 0 Å². The molecule has 21 heavy (non-hydrogen) atoms. The molecule has 1 heterocycles. The van der Waals surface area contributed by atoms with Crippen molar-refractivity contribution in [2.45, 2.75) is 38.3 Å². The van der Waals surface area contributed by atoms with Gasteiger partial charge in [0.2, 0.25) is 5.95 Å².